The maximum Gasteiger partial charge on any atom is 0.217 e. The number of nitriles is 1. The van der Waals surface area contributed by atoms with Crippen LogP contribution in [-0.4, -0.2) is 65.1 Å². The van der Waals surface area contributed by atoms with Gasteiger partial charge in [0.15, 0.2) is 6.29 Å². The lowest BCUT2D eigenvalue weighted by atomic mass is 9.96. The van der Waals surface area contributed by atoms with E-state index in [1.807, 2.05) is 0 Å². The van der Waals surface area contributed by atoms with Crippen molar-refractivity contribution in [3.8, 4) is 6.07 Å². The van der Waals surface area contributed by atoms with Gasteiger partial charge in [-0.25, -0.2) is 0 Å². The Hall–Kier alpha value is -1.24. The summed E-state index contributed by atoms with van der Waals surface area (Å²) in [6.45, 7) is 0.401. The van der Waals surface area contributed by atoms with Crippen LogP contribution in [0.15, 0.2) is 0 Å². The van der Waals surface area contributed by atoms with E-state index in [0.717, 1.165) is 0 Å². The van der Waals surface area contributed by atoms with E-state index in [4.69, 9.17) is 19.8 Å². The summed E-state index contributed by atoms with van der Waals surface area (Å²) in [6, 6.07) is 0.720. The number of nitrogens with one attached hydrogen (secondary N) is 1. The Morgan fingerprint density at radius 2 is 2.22 bits per heavy atom. The van der Waals surface area contributed by atoms with E-state index < -0.39 is 43.2 Å². The fourth-order valence-electron chi connectivity index (χ4n) is 1.81. The van der Waals surface area contributed by atoms with Gasteiger partial charge in [0.2, 0.25) is 5.91 Å². The highest BCUT2D eigenvalue weighted by Crippen LogP contribution is 2.22. The summed E-state index contributed by atoms with van der Waals surface area (Å²) in [5.74, 6) is -0.442. The molecule has 1 heterocycles. The molecule has 1 fully saturated rings. The van der Waals surface area contributed by atoms with Crippen LogP contribution >= 0.6 is 0 Å². The summed E-state index contributed by atoms with van der Waals surface area (Å²) in [6.07, 6.45) is -4.76. The van der Waals surface area contributed by atoms with E-state index in [2.05, 4.69) is 5.32 Å². The van der Waals surface area contributed by atoms with Crippen LogP contribution in [0.2, 0.25) is 0 Å². The smallest absolute Gasteiger partial charge is 0.217 e. The summed E-state index contributed by atoms with van der Waals surface area (Å²) in [4.78, 5) is 11.0. The van der Waals surface area contributed by atoms with Crippen LogP contribution < -0.4 is 5.32 Å². The predicted octanol–water partition coefficient (Wildman–Crippen LogP) is -2.53. The lowest BCUT2D eigenvalue weighted by Crippen LogP contribution is -2.64. The fourth-order valence-corrected chi connectivity index (χ4v) is 1.81. The van der Waals surface area contributed by atoms with Gasteiger partial charge in [-0.2, -0.15) is 5.26 Å². The molecule has 1 amide bonds. The van der Waals surface area contributed by atoms with Crippen LogP contribution in [0.25, 0.3) is 0 Å². The molecule has 1 saturated heterocycles. The highest BCUT2D eigenvalue weighted by Gasteiger charge is 2.45. The molecule has 102 valence electrons. The van der Waals surface area contributed by atoms with Gasteiger partial charge < -0.3 is 30.1 Å². The maximum absolute atomic E-state index is 11.0. The standard InChI is InChI=1S/C10H16N2O6/c1-5(14)12-7-9(17-3-2-11)8(15)6(4-13)18-10(7)16/h6-10,13,15-16H,3-4H2,1H3,(H,12,14)/t6-,7+,8-,9-,10-/m1/s1. The molecule has 1 aliphatic heterocycles. The van der Waals surface area contributed by atoms with E-state index in [1.54, 1.807) is 6.07 Å². The van der Waals surface area contributed by atoms with Gasteiger partial charge in [0, 0.05) is 6.92 Å². The molecule has 0 radical (unpaired) electrons. The van der Waals surface area contributed by atoms with Crippen LogP contribution in [0.5, 0.6) is 0 Å². The highest BCUT2D eigenvalue weighted by atomic mass is 16.6. The molecule has 18 heavy (non-hydrogen) atoms. The monoisotopic (exact) mass is 260 g/mol. The van der Waals surface area contributed by atoms with Gasteiger partial charge in [-0.15, -0.1) is 0 Å². The van der Waals surface area contributed by atoms with Crippen molar-refractivity contribution in [2.75, 3.05) is 13.2 Å². The summed E-state index contributed by atoms with van der Waals surface area (Å²) in [5.41, 5.74) is 0. The summed E-state index contributed by atoms with van der Waals surface area (Å²) in [7, 11) is 0. The van der Waals surface area contributed by atoms with Crippen molar-refractivity contribution in [3.05, 3.63) is 0 Å². The van der Waals surface area contributed by atoms with Gasteiger partial charge in [-0.3, -0.25) is 4.79 Å². The van der Waals surface area contributed by atoms with E-state index in [-0.39, 0.29) is 6.61 Å². The zero-order valence-electron chi connectivity index (χ0n) is 9.81. The van der Waals surface area contributed by atoms with Gasteiger partial charge in [0.1, 0.15) is 31.0 Å². The molecule has 8 heteroatoms. The Bertz CT molecular complexity index is 331. The van der Waals surface area contributed by atoms with Crippen LogP contribution in [-0.2, 0) is 14.3 Å². The molecule has 0 aliphatic carbocycles. The number of carbonyl (C=O) groups excluding carboxylic acids is 1. The van der Waals surface area contributed by atoms with Crippen molar-refractivity contribution in [2.45, 2.75) is 37.6 Å². The number of nitrogens with zero attached hydrogens (tertiary/aromatic N) is 1. The Labute approximate surface area is 104 Å². The third-order valence-corrected chi connectivity index (χ3v) is 2.58. The van der Waals surface area contributed by atoms with Crippen molar-refractivity contribution in [2.24, 2.45) is 0 Å². The van der Waals surface area contributed by atoms with E-state index in [9.17, 15) is 15.0 Å². The van der Waals surface area contributed by atoms with Crippen molar-refractivity contribution in [1.82, 2.24) is 5.32 Å². The maximum atomic E-state index is 11.0. The van der Waals surface area contributed by atoms with Crippen molar-refractivity contribution in [1.29, 1.82) is 5.26 Å². The molecule has 0 bridgehead atoms. The first-order chi connectivity index (χ1) is 8.51. The van der Waals surface area contributed by atoms with Gasteiger partial charge >= 0.3 is 0 Å². The van der Waals surface area contributed by atoms with Crippen LogP contribution in [0.4, 0.5) is 0 Å². The molecular weight excluding hydrogens is 244 g/mol. The molecule has 1 rings (SSSR count). The summed E-state index contributed by atoms with van der Waals surface area (Å²) < 4.78 is 10.0. The molecule has 8 nitrogen and oxygen atoms in total. The van der Waals surface area contributed by atoms with Crippen LogP contribution in [0.3, 0.4) is 0 Å². The molecule has 0 aromatic carbocycles. The second-order valence-electron chi connectivity index (χ2n) is 3.90. The molecule has 4 N–H and O–H groups in total. The molecule has 1 aliphatic rings. The number of hydrogen-bond donors (Lipinski definition) is 4. The van der Waals surface area contributed by atoms with Crippen molar-refractivity contribution in [3.63, 3.8) is 0 Å². The first-order valence-electron chi connectivity index (χ1n) is 5.39. The average molecular weight is 260 g/mol. The van der Waals surface area contributed by atoms with E-state index in [0.29, 0.717) is 0 Å². The van der Waals surface area contributed by atoms with Crippen LogP contribution in [0, 0.1) is 11.3 Å². The number of aliphatic hydroxyl groups is 3. The first kappa shape index (κ1) is 14.8. The minimum Gasteiger partial charge on any atom is -0.394 e. The molecule has 0 aromatic rings. The first-order valence-corrected chi connectivity index (χ1v) is 5.39. The topological polar surface area (TPSA) is 132 Å². The third kappa shape index (κ3) is 3.38. The van der Waals surface area contributed by atoms with Gasteiger partial charge in [0.05, 0.1) is 12.7 Å². The highest BCUT2D eigenvalue weighted by molar-refractivity contribution is 5.73. The minimum absolute atomic E-state index is 0.317. The quantitative estimate of drug-likeness (QED) is 0.438. The number of amides is 1. The van der Waals surface area contributed by atoms with Crippen molar-refractivity contribution < 1.29 is 29.6 Å². The Morgan fingerprint density at radius 1 is 1.56 bits per heavy atom. The van der Waals surface area contributed by atoms with Crippen LogP contribution in [0.1, 0.15) is 6.92 Å². The fraction of sp³-hybridized carbons (Fsp3) is 0.800. The Morgan fingerprint density at radius 3 is 2.72 bits per heavy atom. The van der Waals surface area contributed by atoms with Gasteiger partial charge in [-0.05, 0) is 0 Å². The number of rotatable bonds is 4. The van der Waals surface area contributed by atoms with E-state index >= 15 is 0 Å². The molecule has 0 saturated carbocycles. The Kier molecular flexibility index (Phi) is 5.46. The second kappa shape index (κ2) is 6.63. The van der Waals surface area contributed by atoms with E-state index in [1.165, 1.54) is 6.92 Å². The SMILES string of the molecule is CC(=O)N[C@H]1[C@@H](OCC#N)[C@H](O)[C@@H](CO)O[C@H]1O. The molecular formula is C10H16N2O6. The van der Waals surface area contributed by atoms with Gasteiger partial charge in [0.25, 0.3) is 0 Å². The van der Waals surface area contributed by atoms with Crippen molar-refractivity contribution >= 4 is 5.91 Å². The zero-order chi connectivity index (χ0) is 13.7. The molecule has 0 unspecified atom stereocenters. The normalized spacial score (nSPS) is 35.8. The predicted molar refractivity (Wildman–Crippen MR) is 56.9 cm³/mol. The second-order valence-corrected chi connectivity index (χ2v) is 3.90. The molecule has 0 spiro atoms. The lowest BCUT2D eigenvalue weighted by Gasteiger charge is -2.42. The molecule has 0 aromatic heterocycles. The lowest BCUT2D eigenvalue weighted by molar-refractivity contribution is -0.260. The summed E-state index contributed by atoms with van der Waals surface area (Å²) in [5, 5.41) is 39.4. The summed E-state index contributed by atoms with van der Waals surface area (Å²) >= 11 is 0. The third-order valence-electron chi connectivity index (χ3n) is 2.58. The minimum atomic E-state index is -1.43. The average Bonchev–Trinajstić information content (AvgIpc) is 2.32. The zero-order valence-corrected chi connectivity index (χ0v) is 9.81. The Balaban J connectivity index is 2.83. The number of hydrogen-bond acceptors (Lipinski definition) is 7. The number of ether oxygens (including phenoxy) is 2. The van der Waals surface area contributed by atoms with Gasteiger partial charge in [-0.1, -0.05) is 0 Å². The number of aliphatic hydroxyl groups excluding tert-OH is 3. The molecule has 5 atom stereocenters. The largest absolute Gasteiger partial charge is 0.394 e. The number of carbonyl (C=O) groups is 1.